The predicted molar refractivity (Wildman–Crippen MR) is 60.6 cm³/mol. The Morgan fingerprint density at radius 2 is 1.71 bits per heavy atom. The molecule has 0 aromatic heterocycles. The van der Waals surface area contributed by atoms with E-state index in [1.165, 1.54) is 40.2 Å². The van der Waals surface area contributed by atoms with Gasteiger partial charge in [0.15, 0.2) is 11.5 Å². The molecule has 1 N–H and O–H groups in total. The molecule has 0 aliphatic rings. The monoisotopic (exact) mass is 242 g/mol. The van der Waals surface area contributed by atoms with E-state index in [9.17, 15) is 9.18 Å². The first-order valence-corrected chi connectivity index (χ1v) is 5.00. The van der Waals surface area contributed by atoms with Crippen LogP contribution in [0.2, 0.25) is 0 Å². The highest BCUT2D eigenvalue weighted by Gasteiger charge is 2.27. The van der Waals surface area contributed by atoms with Crippen molar-refractivity contribution in [1.82, 2.24) is 0 Å². The molecule has 0 saturated carbocycles. The second kappa shape index (κ2) is 4.61. The molecule has 0 saturated heterocycles. The quantitative estimate of drug-likeness (QED) is 0.881. The van der Waals surface area contributed by atoms with E-state index < -0.39 is 11.6 Å². The Morgan fingerprint density at radius 1 is 1.24 bits per heavy atom. The van der Waals surface area contributed by atoms with E-state index in [0.29, 0.717) is 5.75 Å². The molecule has 0 radical (unpaired) electrons. The molecule has 94 valence electrons. The molecule has 0 aliphatic carbocycles. The van der Waals surface area contributed by atoms with Crippen molar-refractivity contribution in [2.24, 2.45) is 0 Å². The Morgan fingerprint density at radius 3 is 2.06 bits per heavy atom. The SMILES string of the molecule is COc1cc(C(=O)O)c(C(C)(C)F)cc1OC. The molecule has 0 atom stereocenters. The lowest BCUT2D eigenvalue weighted by molar-refractivity contribution is 0.0688. The van der Waals surface area contributed by atoms with Gasteiger partial charge in [0, 0.05) is 5.56 Å². The highest BCUT2D eigenvalue weighted by atomic mass is 19.1. The standard InChI is InChI=1S/C12H15FO4/c1-12(2,13)8-6-10(17-4)9(16-3)5-7(8)11(14)15/h5-6H,1-4H3,(H,14,15). The summed E-state index contributed by atoms with van der Waals surface area (Å²) in [5.74, 6) is -0.636. The largest absolute Gasteiger partial charge is 0.493 e. The summed E-state index contributed by atoms with van der Waals surface area (Å²) in [7, 11) is 2.80. The zero-order valence-corrected chi connectivity index (χ0v) is 10.2. The summed E-state index contributed by atoms with van der Waals surface area (Å²) in [4.78, 5) is 11.1. The van der Waals surface area contributed by atoms with Gasteiger partial charge in [0.25, 0.3) is 0 Å². The van der Waals surface area contributed by atoms with Crippen molar-refractivity contribution in [3.63, 3.8) is 0 Å². The fraction of sp³-hybridized carbons (Fsp3) is 0.417. The van der Waals surface area contributed by atoms with Gasteiger partial charge in [0.2, 0.25) is 0 Å². The van der Waals surface area contributed by atoms with Crippen LogP contribution in [0.1, 0.15) is 29.8 Å². The van der Waals surface area contributed by atoms with Crippen LogP contribution >= 0.6 is 0 Å². The summed E-state index contributed by atoms with van der Waals surface area (Å²) in [5.41, 5.74) is -1.84. The van der Waals surface area contributed by atoms with Gasteiger partial charge in [-0.1, -0.05) is 0 Å². The maximum absolute atomic E-state index is 13.9. The van der Waals surface area contributed by atoms with Crippen LogP contribution < -0.4 is 9.47 Å². The van der Waals surface area contributed by atoms with Crippen molar-refractivity contribution in [2.45, 2.75) is 19.5 Å². The van der Waals surface area contributed by atoms with Crippen LogP contribution in [0.25, 0.3) is 0 Å². The molecule has 0 bridgehead atoms. The van der Waals surface area contributed by atoms with Crippen molar-refractivity contribution in [2.75, 3.05) is 14.2 Å². The summed E-state index contributed by atoms with van der Waals surface area (Å²) in [6, 6.07) is 2.61. The molecular weight excluding hydrogens is 227 g/mol. The molecule has 0 heterocycles. The van der Waals surface area contributed by atoms with Gasteiger partial charge in [-0.15, -0.1) is 0 Å². The lowest BCUT2D eigenvalue weighted by Gasteiger charge is -2.19. The Hall–Kier alpha value is -1.78. The number of carbonyl (C=O) groups is 1. The van der Waals surface area contributed by atoms with E-state index in [-0.39, 0.29) is 16.9 Å². The predicted octanol–water partition coefficient (Wildman–Crippen LogP) is 2.61. The van der Waals surface area contributed by atoms with Crippen molar-refractivity contribution < 1.29 is 23.8 Å². The Balaban J connectivity index is 3.52. The van der Waals surface area contributed by atoms with Crippen molar-refractivity contribution >= 4 is 5.97 Å². The highest BCUT2D eigenvalue weighted by Crippen LogP contribution is 2.36. The minimum atomic E-state index is -1.77. The number of hydrogen-bond donors (Lipinski definition) is 1. The van der Waals surface area contributed by atoms with E-state index in [0.717, 1.165) is 0 Å². The smallest absolute Gasteiger partial charge is 0.336 e. The van der Waals surface area contributed by atoms with Crippen LogP contribution in [0.5, 0.6) is 11.5 Å². The number of carboxylic acid groups (broad SMARTS) is 1. The van der Waals surface area contributed by atoms with Gasteiger partial charge in [-0.05, 0) is 26.0 Å². The van der Waals surface area contributed by atoms with Crippen LogP contribution in [-0.4, -0.2) is 25.3 Å². The topological polar surface area (TPSA) is 55.8 Å². The zero-order valence-electron chi connectivity index (χ0n) is 10.2. The number of hydrogen-bond acceptors (Lipinski definition) is 3. The molecule has 4 nitrogen and oxygen atoms in total. The normalized spacial score (nSPS) is 11.1. The molecule has 0 spiro atoms. The molecule has 0 amide bonds. The average Bonchev–Trinajstić information content (AvgIpc) is 2.25. The number of halogens is 1. The summed E-state index contributed by atoms with van der Waals surface area (Å²) in [5, 5.41) is 9.05. The maximum Gasteiger partial charge on any atom is 0.336 e. The first kappa shape index (κ1) is 13.3. The van der Waals surface area contributed by atoms with Gasteiger partial charge in [-0.3, -0.25) is 0 Å². The van der Waals surface area contributed by atoms with Gasteiger partial charge in [0.05, 0.1) is 19.8 Å². The Bertz CT molecular complexity index is 435. The molecular formula is C12H15FO4. The molecule has 0 fully saturated rings. The second-order valence-corrected chi connectivity index (χ2v) is 4.03. The number of alkyl halides is 1. The summed E-state index contributed by atoms with van der Waals surface area (Å²) < 4.78 is 23.9. The van der Waals surface area contributed by atoms with Crippen LogP contribution in [0.15, 0.2) is 12.1 Å². The van der Waals surface area contributed by atoms with Crippen molar-refractivity contribution in [3.05, 3.63) is 23.3 Å². The molecule has 0 aliphatic heterocycles. The van der Waals surface area contributed by atoms with Gasteiger partial charge < -0.3 is 14.6 Å². The summed E-state index contributed by atoms with van der Waals surface area (Å²) >= 11 is 0. The lowest BCUT2D eigenvalue weighted by atomic mass is 9.94. The van der Waals surface area contributed by atoms with Gasteiger partial charge in [-0.2, -0.15) is 0 Å². The van der Waals surface area contributed by atoms with Crippen molar-refractivity contribution in [3.8, 4) is 11.5 Å². The average molecular weight is 242 g/mol. The van der Waals surface area contributed by atoms with Crippen LogP contribution in [0.3, 0.4) is 0 Å². The van der Waals surface area contributed by atoms with E-state index in [2.05, 4.69) is 0 Å². The minimum Gasteiger partial charge on any atom is -0.493 e. The molecule has 0 unspecified atom stereocenters. The number of rotatable bonds is 4. The van der Waals surface area contributed by atoms with E-state index in [1.807, 2.05) is 0 Å². The minimum absolute atomic E-state index is 0.0580. The van der Waals surface area contributed by atoms with E-state index in [4.69, 9.17) is 14.6 Å². The molecule has 5 heteroatoms. The highest BCUT2D eigenvalue weighted by molar-refractivity contribution is 5.90. The number of methoxy groups -OCH3 is 2. The molecule has 1 rings (SSSR count). The van der Waals surface area contributed by atoms with Crippen molar-refractivity contribution in [1.29, 1.82) is 0 Å². The Kier molecular flexibility index (Phi) is 3.60. The second-order valence-electron chi connectivity index (χ2n) is 4.03. The first-order valence-electron chi connectivity index (χ1n) is 5.00. The fourth-order valence-corrected chi connectivity index (χ4v) is 1.55. The van der Waals surface area contributed by atoms with E-state index >= 15 is 0 Å². The number of ether oxygens (including phenoxy) is 2. The third-order valence-electron chi connectivity index (χ3n) is 2.39. The third-order valence-corrected chi connectivity index (χ3v) is 2.39. The zero-order chi connectivity index (χ0) is 13.2. The first-order chi connectivity index (χ1) is 7.81. The molecule has 1 aromatic rings. The fourth-order valence-electron chi connectivity index (χ4n) is 1.55. The molecule has 1 aromatic carbocycles. The van der Waals surface area contributed by atoms with Crippen LogP contribution in [-0.2, 0) is 5.67 Å². The van der Waals surface area contributed by atoms with Crippen LogP contribution in [0, 0.1) is 0 Å². The van der Waals surface area contributed by atoms with Gasteiger partial charge in [0.1, 0.15) is 5.67 Å². The summed E-state index contributed by atoms with van der Waals surface area (Å²) in [6.45, 7) is 2.58. The van der Waals surface area contributed by atoms with E-state index in [1.54, 1.807) is 0 Å². The molecule has 17 heavy (non-hydrogen) atoms. The number of aromatic carboxylic acids is 1. The van der Waals surface area contributed by atoms with Gasteiger partial charge >= 0.3 is 5.97 Å². The number of carboxylic acids is 1. The lowest BCUT2D eigenvalue weighted by Crippen LogP contribution is -2.16. The maximum atomic E-state index is 13.9. The third kappa shape index (κ3) is 2.67. The number of benzene rings is 1. The van der Waals surface area contributed by atoms with Gasteiger partial charge in [-0.25, -0.2) is 9.18 Å². The Labute approximate surface area is 99.0 Å². The summed E-state index contributed by atoms with van der Waals surface area (Å²) in [6.07, 6.45) is 0. The van der Waals surface area contributed by atoms with Crippen LogP contribution in [0.4, 0.5) is 4.39 Å².